The molecule has 3 aromatic rings. The van der Waals surface area contributed by atoms with Gasteiger partial charge in [0.15, 0.2) is 4.96 Å². The van der Waals surface area contributed by atoms with Crippen LogP contribution in [0.1, 0.15) is 18.2 Å². The van der Waals surface area contributed by atoms with Crippen molar-refractivity contribution in [2.45, 2.75) is 25.8 Å². The Morgan fingerprint density at radius 2 is 2.10 bits per heavy atom. The van der Waals surface area contributed by atoms with E-state index in [9.17, 15) is 4.39 Å². The normalized spacial score (nSPS) is 12.9. The second kappa shape index (κ2) is 6.37. The van der Waals surface area contributed by atoms with Gasteiger partial charge in [-0.1, -0.05) is 19.1 Å². The van der Waals surface area contributed by atoms with E-state index in [0.29, 0.717) is 6.04 Å². The van der Waals surface area contributed by atoms with Crippen LogP contribution in [0.5, 0.6) is 0 Å². The van der Waals surface area contributed by atoms with Crippen molar-refractivity contribution in [1.29, 1.82) is 0 Å². The Balaban J connectivity index is 1.71. The predicted octanol–water partition coefficient (Wildman–Crippen LogP) is 3.30. The van der Waals surface area contributed by atoms with Crippen molar-refractivity contribution in [3.8, 4) is 0 Å². The van der Waals surface area contributed by atoms with Gasteiger partial charge in [-0.05, 0) is 30.7 Å². The van der Waals surface area contributed by atoms with Gasteiger partial charge in [0.05, 0.1) is 5.69 Å². The maximum atomic E-state index is 13.0. The van der Waals surface area contributed by atoms with Gasteiger partial charge in [-0.2, -0.15) is 0 Å². The Morgan fingerprint density at radius 1 is 1.29 bits per heavy atom. The first kappa shape index (κ1) is 14.2. The number of halogens is 1. The summed E-state index contributed by atoms with van der Waals surface area (Å²) < 4.78 is 15.0. The van der Waals surface area contributed by atoms with Gasteiger partial charge in [0.2, 0.25) is 0 Å². The molecule has 21 heavy (non-hydrogen) atoms. The molecule has 3 rings (SSSR count). The fourth-order valence-electron chi connectivity index (χ4n) is 2.54. The van der Waals surface area contributed by atoms with Crippen LogP contribution >= 0.6 is 11.3 Å². The zero-order chi connectivity index (χ0) is 14.7. The number of hydrogen-bond donors (Lipinski definition) is 1. The molecule has 0 amide bonds. The molecule has 0 saturated carbocycles. The van der Waals surface area contributed by atoms with E-state index in [1.165, 1.54) is 12.1 Å². The van der Waals surface area contributed by atoms with Crippen LogP contribution in [0.4, 0.5) is 4.39 Å². The largest absolute Gasteiger partial charge is 0.314 e. The van der Waals surface area contributed by atoms with E-state index in [4.69, 9.17) is 0 Å². The molecule has 1 unspecified atom stereocenters. The first-order valence-electron chi connectivity index (χ1n) is 7.13. The Labute approximate surface area is 127 Å². The van der Waals surface area contributed by atoms with E-state index >= 15 is 0 Å². The first-order chi connectivity index (χ1) is 10.2. The Hall–Kier alpha value is -1.72. The van der Waals surface area contributed by atoms with Crippen molar-refractivity contribution in [3.05, 3.63) is 59.1 Å². The number of nitrogens with zero attached hydrogens (tertiary/aromatic N) is 2. The molecule has 0 aliphatic heterocycles. The monoisotopic (exact) mass is 303 g/mol. The molecule has 0 aliphatic rings. The lowest BCUT2D eigenvalue weighted by Crippen LogP contribution is -2.33. The summed E-state index contributed by atoms with van der Waals surface area (Å²) in [6.07, 6.45) is 5.86. The van der Waals surface area contributed by atoms with Gasteiger partial charge < -0.3 is 5.32 Å². The van der Waals surface area contributed by atoms with Gasteiger partial charge in [-0.3, -0.25) is 4.40 Å². The fraction of sp³-hybridized carbons (Fsp3) is 0.312. The number of rotatable bonds is 6. The van der Waals surface area contributed by atoms with Gasteiger partial charge in [0.25, 0.3) is 0 Å². The quantitative estimate of drug-likeness (QED) is 0.757. The molecule has 1 atom stereocenters. The predicted molar refractivity (Wildman–Crippen MR) is 84.3 cm³/mol. The molecule has 3 nitrogen and oxygen atoms in total. The summed E-state index contributed by atoms with van der Waals surface area (Å²) in [5, 5.41) is 5.53. The number of benzene rings is 1. The van der Waals surface area contributed by atoms with Crippen molar-refractivity contribution in [2.24, 2.45) is 0 Å². The average Bonchev–Trinajstić information content (AvgIpc) is 3.02. The number of nitrogens with one attached hydrogen (secondary N) is 1. The highest BCUT2D eigenvalue weighted by Gasteiger charge is 2.12. The highest BCUT2D eigenvalue weighted by atomic mass is 32.1. The lowest BCUT2D eigenvalue weighted by atomic mass is 10.0. The molecular formula is C16H18FN3S. The molecule has 0 bridgehead atoms. The van der Waals surface area contributed by atoms with Crippen molar-refractivity contribution in [1.82, 2.24) is 14.7 Å². The Bertz CT molecular complexity index is 673. The minimum absolute atomic E-state index is 0.187. The SMILES string of the molecule is CCNC(Cc1ccc(F)cc1)Cc1cn2ccsc2n1. The maximum absolute atomic E-state index is 13.0. The highest BCUT2D eigenvalue weighted by molar-refractivity contribution is 7.15. The molecular weight excluding hydrogens is 285 g/mol. The van der Waals surface area contributed by atoms with E-state index in [1.54, 1.807) is 11.3 Å². The highest BCUT2D eigenvalue weighted by Crippen LogP contribution is 2.14. The minimum Gasteiger partial charge on any atom is -0.314 e. The van der Waals surface area contributed by atoms with Crippen LogP contribution in [0.3, 0.4) is 0 Å². The van der Waals surface area contributed by atoms with Crippen molar-refractivity contribution in [2.75, 3.05) is 6.54 Å². The van der Waals surface area contributed by atoms with Gasteiger partial charge in [0, 0.05) is 30.2 Å². The second-order valence-corrected chi connectivity index (χ2v) is 5.99. The van der Waals surface area contributed by atoms with Crippen LogP contribution in [-0.2, 0) is 12.8 Å². The summed E-state index contributed by atoms with van der Waals surface area (Å²) in [6.45, 7) is 3.01. The van der Waals surface area contributed by atoms with E-state index in [2.05, 4.69) is 27.8 Å². The molecule has 2 aromatic heterocycles. The fourth-order valence-corrected chi connectivity index (χ4v) is 3.26. The average molecular weight is 303 g/mol. The van der Waals surface area contributed by atoms with E-state index in [-0.39, 0.29) is 5.82 Å². The molecule has 0 radical (unpaired) electrons. The number of aromatic nitrogens is 2. The van der Waals surface area contributed by atoms with E-state index in [1.807, 2.05) is 23.7 Å². The van der Waals surface area contributed by atoms with Crippen LogP contribution in [0.25, 0.3) is 4.96 Å². The van der Waals surface area contributed by atoms with Gasteiger partial charge >= 0.3 is 0 Å². The van der Waals surface area contributed by atoms with Crippen LogP contribution in [0, 0.1) is 5.82 Å². The lowest BCUT2D eigenvalue weighted by molar-refractivity contribution is 0.517. The topological polar surface area (TPSA) is 29.3 Å². The van der Waals surface area contributed by atoms with Crippen molar-refractivity contribution < 1.29 is 4.39 Å². The zero-order valence-electron chi connectivity index (χ0n) is 11.9. The van der Waals surface area contributed by atoms with Crippen LogP contribution < -0.4 is 5.32 Å². The number of hydrogen-bond acceptors (Lipinski definition) is 3. The van der Waals surface area contributed by atoms with Crippen LogP contribution in [0.2, 0.25) is 0 Å². The lowest BCUT2D eigenvalue weighted by Gasteiger charge is -2.16. The third-order valence-electron chi connectivity index (χ3n) is 3.49. The third-order valence-corrected chi connectivity index (χ3v) is 4.26. The van der Waals surface area contributed by atoms with Gasteiger partial charge in [0.1, 0.15) is 5.82 Å². The molecule has 0 spiro atoms. The number of likely N-dealkylation sites (N-methyl/N-ethyl adjacent to an activating group) is 1. The standard InChI is InChI=1S/C16H18FN3S/c1-2-18-14(9-12-3-5-13(17)6-4-12)10-15-11-20-7-8-21-16(20)19-15/h3-8,11,14,18H,2,9-10H2,1H3. The summed E-state index contributed by atoms with van der Waals surface area (Å²) in [4.78, 5) is 5.66. The first-order valence-corrected chi connectivity index (χ1v) is 8.01. The Morgan fingerprint density at radius 3 is 2.81 bits per heavy atom. The van der Waals surface area contributed by atoms with Gasteiger partial charge in [-0.25, -0.2) is 9.37 Å². The number of imidazole rings is 1. The van der Waals surface area contributed by atoms with Crippen LogP contribution in [-0.4, -0.2) is 22.0 Å². The molecule has 5 heteroatoms. The summed E-state index contributed by atoms with van der Waals surface area (Å²) in [7, 11) is 0. The van der Waals surface area contributed by atoms with Crippen LogP contribution in [0.15, 0.2) is 42.0 Å². The molecule has 1 aromatic carbocycles. The molecule has 1 N–H and O–H groups in total. The van der Waals surface area contributed by atoms with Crippen molar-refractivity contribution in [3.63, 3.8) is 0 Å². The summed E-state index contributed by atoms with van der Waals surface area (Å²) in [5.41, 5.74) is 2.23. The summed E-state index contributed by atoms with van der Waals surface area (Å²) >= 11 is 1.64. The van der Waals surface area contributed by atoms with E-state index < -0.39 is 0 Å². The summed E-state index contributed by atoms with van der Waals surface area (Å²) in [6, 6.07) is 7.05. The maximum Gasteiger partial charge on any atom is 0.193 e. The molecule has 0 aliphatic carbocycles. The number of thiazole rings is 1. The molecule has 110 valence electrons. The molecule has 0 saturated heterocycles. The van der Waals surface area contributed by atoms with Gasteiger partial charge in [-0.15, -0.1) is 11.3 Å². The van der Waals surface area contributed by atoms with E-state index in [0.717, 1.165) is 35.6 Å². The molecule has 2 heterocycles. The summed E-state index contributed by atoms with van der Waals surface area (Å²) in [5.74, 6) is -0.187. The number of fused-ring (bicyclic) bond motifs is 1. The van der Waals surface area contributed by atoms with Crippen molar-refractivity contribution >= 4 is 16.3 Å². The minimum atomic E-state index is -0.187. The molecule has 0 fully saturated rings. The smallest absolute Gasteiger partial charge is 0.193 e. The Kier molecular flexibility index (Phi) is 4.31. The zero-order valence-corrected chi connectivity index (χ0v) is 12.7. The second-order valence-electron chi connectivity index (χ2n) is 5.11. The third kappa shape index (κ3) is 3.49.